The predicted octanol–water partition coefficient (Wildman–Crippen LogP) is 12.0. The number of rotatable bonds is 36. The van der Waals surface area contributed by atoms with E-state index in [2.05, 4.69) is 13.8 Å². The lowest BCUT2D eigenvalue weighted by Crippen LogP contribution is -2.32. The van der Waals surface area contributed by atoms with Crippen molar-refractivity contribution in [2.75, 3.05) is 19.8 Å². The molecule has 0 spiro atoms. The molecule has 0 aliphatic heterocycles. The fourth-order valence-electron chi connectivity index (χ4n) is 5.78. The van der Waals surface area contributed by atoms with Gasteiger partial charge in [-0.3, -0.25) is 9.59 Å². The second-order valence-corrected chi connectivity index (χ2v) is 14.5. The van der Waals surface area contributed by atoms with Crippen molar-refractivity contribution in [1.29, 1.82) is 0 Å². The van der Waals surface area contributed by atoms with Gasteiger partial charge in [0.15, 0.2) is 0 Å². The minimum absolute atomic E-state index is 0.156. The molecule has 0 aromatic heterocycles. The molecule has 296 valence electrons. The molecule has 0 rings (SSSR count). The first kappa shape index (κ1) is 52.2. The highest BCUT2D eigenvalue weighted by molar-refractivity contribution is 5.66. The summed E-state index contributed by atoms with van der Waals surface area (Å²) in [6, 6.07) is 0. The zero-order valence-electron chi connectivity index (χ0n) is 33.0. The summed E-state index contributed by atoms with van der Waals surface area (Å²) >= 11 is 0. The van der Waals surface area contributed by atoms with Gasteiger partial charge in [0.2, 0.25) is 0 Å². The fourth-order valence-corrected chi connectivity index (χ4v) is 5.78. The van der Waals surface area contributed by atoms with Crippen LogP contribution in [0, 0.1) is 5.41 Å². The zero-order valence-corrected chi connectivity index (χ0v) is 33.0. The lowest BCUT2D eigenvalue weighted by Gasteiger charge is -2.24. The quantitative estimate of drug-likeness (QED) is 0.0410. The highest BCUT2D eigenvalue weighted by atomic mass is 16.4. The van der Waals surface area contributed by atoms with Crippen LogP contribution >= 0.6 is 0 Å². The van der Waals surface area contributed by atoms with Gasteiger partial charge in [-0.25, -0.2) is 0 Å². The van der Waals surface area contributed by atoms with Gasteiger partial charge in [-0.05, 0) is 19.3 Å². The molecule has 0 saturated carbocycles. The number of hydrogen-bond donors (Lipinski definition) is 5. The average molecular weight is 703 g/mol. The number of aliphatic carboxylic acids is 2. The summed E-state index contributed by atoms with van der Waals surface area (Å²) in [4.78, 5) is 20.7. The Morgan fingerprint density at radius 2 is 0.531 bits per heavy atom. The van der Waals surface area contributed by atoms with E-state index in [0.29, 0.717) is 19.3 Å². The molecule has 0 aliphatic carbocycles. The highest BCUT2D eigenvalue weighted by Gasteiger charge is 2.24. The van der Waals surface area contributed by atoms with Crippen LogP contribution in [0.25, 0.3) is 0 Å². The SMILES string of the molecule is CCC(CO)(CO)CO.CCCCCCCCCCCCCCCCCC(=O)O.CCCCCCCCCCCCCCCCCC(=O)O. The van der Waals surface area contributed by atoms with E-state index in [1.54, 1.807) is 0 Å². The Hall–Kier alpha value is -1.18. The maximum absolute atomic E-state index is 10.3. The van der Waals surface area contributed by atoms with Gasteiger partial charge in [-0.1, -0.05) is 201 Å². The molecule has 0 aromatic carbocycles. The lowest BCUT2D eigenvalue weighted by molar-refractivity contribution is -0.138. The topological polar surface area (TPSA) is 135 Å². The molecule has 7 nitrogen and oxygen atoms in total. The summed E-state index contributed by atoms with van der Waals surface area (Å²) in [5.74, 6) is -1.31. The lowest BCUT2D eigenvalue weighted by atomic mass is 9.88. The van der Waals surface area contributed by atoms with E-state index in [9.17, 15) is 9.59 Å². The number of carboxylic acid groups (broad SMARTS) is 2. The fraction of sp³-hybridized carbons (Fsp3) is 0.952. The van der Waals surface area contributed by atoms with E-state index in [1.807, 2.05) is 6.92 Å². The molecule has 0 aromatic rings. The largest absolute Gasteiger partial charge is 0.481 e. The third kappa shape index (κ3) is 46.8. The van der Waals surface area contributed by atoms with Crippen molar-refractivity contribution >= 4 is 11.9 Å². The van der Waals surface area contributed by atoms with Crippen molar-refractivity contribution in [2.24, 2.45) is 5.41 Å². The predicted molar refractivity (Wildman–Crippen MR) is 208 cm³/mol. The Balaban J connectivity index is -0.000000695. The minimum Gasteiger partial charge on any atom is -0.481 e. The second-order valence-electron chi connectivity index (χ2n) is 14.5. The summed E-state index contributed by atoms with van der Waals surface area (Å²) in [6.45, 7) is 5.89. The van der Waals surface area contributed by atoms with Crippen LogP contribution in [0.2, 0.25) is 0 Å². The average Bonchev–Trinajstić information content (AvgIpc) is 3.10. The van der Waals surface area contributed by atoms with Crippen LogP contribution in [-0.4, -0.2) is 57.3 Å². The molecule has 0 unspecified atom stereocenters. The molecule has 49 heavy (non-hydrogen) atoms. The van der Waals surface area contributed by atoms with Crippen molar-refractivity contribution in [3.63, 3.8) is 0 Å². The van der Waals surface area contributed by atoms with Crippen LogP contribution in [-0.2, 0) is 9.59 Å². The molecule has 7 heteroatoms. The van der Waals surface area contributed by atoms with Gasteiger partial charge in [0.05, 0.1) is 19.8 Å². The molecule has 0 radical (unpaired) electrons. The molecule has 0 heterocycles. The Morgan fingerprint density at radius 1 is 0.347 bits per heavy atom. The van der Waals surface area contributed by atoms with E-state index in [0.717, 1.165) is 25.7 Å². The molecule has 5 N–H and O–H groups in total. The van der Waals surface area contributed by atoms with Gasteiger partial charge in [0, 0.05) is 18.3 Å². The standard InChI is InChI=1S/2C18H36O2.C6H14O3/c2*1-2-3-4-5-6-7-8-9-10-11-12-13-14-15-16-17-18(19)20;1-2-6(3-7,4-8)5-9/h2*2-17H2,1H3,(H,19,20);7-9H,2-5H2,1H3. The number of hydrogen-bond acceptors (Lipinski definition) is 5. The first-order valence-electron chi connectivity index (χ1n) is 21.0. The third-order valence-corrected chi connectivity index (χ3v) is 9.74. The summed E-state index contributed by atoms with van der Waals surface area (Å²) in [5.41, 5.74) is -0.667. The summed E-state index contributed by atoms with van der Waals surface area (Å²) < 4.78 is 0. The van der Waals surface area contributed by atoms with E-state index >= 15 is 0 Å². The number of carbonyl (C=O) groups is 2. The van der Waals surface area contributed by atoms with Gasteiger partial charge in [0.1, 0.15) is 0 Å². The molecular formula is C42H86O7. The molecule has 0 saturated heterocycles. The van der Waals surface area contributed by atoms with Crippen molar-refractivity contribution < 1.29 is 35.1 Å². The minimum atomic E-state index is -0.667. The highest BCUT2D eigenvalue weighted by Crippen LogP contribution is 2.18. The summed E-state index contributed by atoms with van der Waals surface area (Å²) in [5, 5.41) is 43.0. The molecular weight excluding hydrogens is 616 g/mol. The smallest absolute Gasteiger partial charge is 0.303 e. The third-order valence-electron chi connectivity index (χ3n) is 9.74. The van der Waals surface area contributed by atoms with Crippen LogP contribution in [0.15, 0.2) is 0 Å². The van der Waals surface area contributed by atoms with Crippen LogP contribution in [0.5, 0.6) is 0 Å². The second kappa shape index (κ2) is 44.8. The van der Waals surface area contributed by atoms with Crippen LogP contribution in [0.3, 0.4) is 0 Å². The maximum atomic E-state index is 10.3. The number of unbranched alkanes of at least 4 members (excludes halogenated alkanes) is 28. The number of aliphatic hydroxyl groups excluding tert-OH is 3. The van der Waals surface area contributed by atoms with Crippen molar-refractivity contribution in [3.05, 3.63) is 0 Å². The Morgan fingerprint density at radius 3 is 0.653 bits per heavy atom. The number of aliphatic hydroxyl groups is 3. The van der Waals surface area contributed by atoms with Crippen molar-refractivity contribution in [3.8, 4) is 0 Å². The maximum Gasteiger partial charge on any atom is 0.303 e. The van der Waals surface area contributed by atoms with E-state index in [4.69, 9.17) is 25.5 Å². The van der Waals surface area contributed by atoms with Gasteiger partial charge < -0.3 is 25.5 Å². The molecule has 0 amide bonds. The van der Waals surface area contributed by atoms with E-state index in [1.165, 1.54) is 167 Å². The molecule has 0 atom stereocenters. The molecule has 0 bridgehead atoms. The Bertz CT molecular complexity index is 575. The first-order valence-corrected chi connectivity index (χ1v) is 21.0. The zero-order chi connectivity index (χ0) is 37.1. The van der Waals surface area contributed by atoms with E-state index < -0.39 is 17.4 Å². The van der Waals surface area contributed by atoms with Gasteiger partial charge in [-0.15, -0.1) is 0 Å². The van der Waals surface area contributed by atoms with Gasteiger partial charge in [-0.2, -0.15) is 0 Å². The Kier molecular flexibility index (Phi) is 47.8. The van der Waals surface area contributed by atoms with Crippen LogP contribution in [0.1, 0.15) is 233 Å². The van der Waals surface area contributed by atoms with E-state index in [-0.39, 0.29) is 19.8 Å². The number of carboxylic acids is 2. The monoisotopic (exact) mass is 703 g/mol. The summed E-state index contributed by atoms with van der Waals surface area (Å²) in [6.07, 6.45) is 41.0. The van der Waals surface area contributed by atoms with Gasteiger partial charge >= 0.3 is 11.9 Å². The van der Waals surface area contributed by atoms with Crippen molar-refractivity contribution in [1.82, 2.24) is 0 Å². The van der Waals surface area contributed by atoms with Crippen LogP contribution in [0.4, 0.5) is 0 Å². The molecule has 0 fully saturated rings. The normalized spacial score (nSPS) is 11.1. The summed E-state index contributed by atoms with van der Waals surface area (Å²) in [7, 11) is 0. The van der Waals surface area contributed by atoms with Crippen molar-refractivity contribution in [2.45, 2.75) is 233 Å². The molecule has 0 aliphatic rings. The van der Waals surface area contributed by atoms with Crippen LogP contribution < -0.4 is 0 Å². The first-order chi connectivity index (χ1) is 23.8. The Labute approximate surface area is 304 Å². The van der Waals surface area contributed by atoms with Gasteiger partial charge in [0.25, 0.3) is 0 Å².